The molecule has 0 spiro atoms. The molecule has 3 rings (SSSR count). The first-order valence-electron chi connectivity index (χ1n) is 6.72. The van der Waals surface area contributed by atoms with E-state index in [1.165, 1.54) is 4.90 Å². The van der Waals surface area contributed by atoms with Gasteiger partial charge in [-0.25, -0.2) is 0 Å². The van der Waals surface area contributed by atoms with E-state index in [9.17, 15) is 14.7 Å². The Kier molecular flexibility index (Phi) is 3.98. The summed E-state index contributed by atoms with van der Waals surface area (Å²) in [5, 5.41) is 9.00. The van der Waals surface area contributed by atoms with Gasteiger partial charge < -0.3 is 5.11 Å². The van der Waals surface area contributed by atoms with Crippen LogP contribution in [0, 0.1) is 0 Å². The molecule has 2 aromatic carbocycles. The number of amides is 2. The number of aromatic hydroxyl groups is 1. The van der Waals surface area contributed by atoms with E-state index in [0.717, 1.165) is 22.9 Å². The second-order valence-electron chi connectivity index (χ2n) is 4.84. The lowest BCUT2D eigenvalue weighted by atomic mass is 10.2. The van der Waals surface area contributed by atoms with Crippen molar-refractivity contribution in [2.75, 3.05) is 0 Å². The topological polar surface area (TPSA) is 57.6 Å². The summed E-state index contributed by atoms with van der Waals surface area (Å²) < 4.78 is 0. The van der Waals surface area contributed by atoms with E-state index >= 15 is 0 Å². The molecule has 0 unspecified atom stereocenters. The normalized spacial score (nSPS) is 16.5. The Morgan fingerprint density at radius 2 is 1.68 bits per heavy atom. The van der Waals surface area contributed by atoms with Crippen LogP contribution in [-0.4, -0.2) is 21.2 Å². The Labute approximate surface area is 132 Å². The van der Waals surface area contributed by atoms with Crippen molar-refractivity contribution >= 4 is 29.0 Å². The average molecular weight is 311 g/mol. The van der Waals surface area contributed by atoms with Crippen molar-refractivity contribution in [3.8, 4) is 5.75 Å². The summed E-state index contributed by atoms with van der Waals surface area (Å²) in [6, 6.07) is 15.9. The second kappa shape index (κ2) is 6.07. The van der Waals surface area contributed by atoms with Gasteiger partial charge in [-0.1, -0.05) is 42.5 Å². The SMILES string of the molecule is O=C1S/C(=C/c2ccc(O)cc2)C(=O)N1Cc1ccccc1. The van der Waals surface area contributed by atoms with Crippen molar-refractivity contribution in [2.24, 2.45) is 0 Å². The van der Waals surface area contributed by atoms with Gasteiger partial charge in [0.15, 0.2) is 0 Å². The standard InChI is InChI=1S/C17H13NO3S/c19-14-8-6-12(7-9-14)10-15-16(20)18(17(21)22-15)11-13-4-2-1-3-5-13/h1-10,19H,11H2/b15-10+. The van der Waals surface area contributed by atoms with Gasteiger partial charge in [-0.2, -0.15) is 0 Å². The summed E-state index contributed by atoms with van der Waals surface area (Å²) in [4.78, 5) is 26.0. The molecule has 1 aliphatic rings. The van der Waals surface area contributed by atoms with Gasteiger partial charge >= 0.3 is 0 Å². The number of rotatable bonds is 3. The van der Waals surface area contributed by atoms with Crippen LogP contribution in [0.1, 0.15) is 11.1 Å². The molecular formula is C17H13NO3S. The smallest absolute Gasteiger partial charge is 0.293 e. The van der Waals surface area contributed by atoms with Crippen LogP contribution in [-0.2, 0) is 11.3 Å². The highest BCUT2D eigenvalue weighted by Gasteiger charge is 2.34. The second-order valence-corrected chi connectivity index (χ2v) is 5.84. The van der Waals surface area contributed by atoms with Gasteiger partial charge in [-0.3, -0.25) is 14.5 Å². The van der Waals surface area contributed by atoms with Crippen LogP contribution < -0.4 is 0 Å². The number of phenols is 1. The third kappa shape index (κ3) is 3.04. The van der Waals surface area contributed by atoms with Gasteiger partial charge in [0, 0.05) is 0 Å². The maximum absolute atomic E-state index is 12.4. The summed E-state index contributed by atoms with van der Waals surface area (Å²) >= 11 is 0.936. The van der Waals surface area contributed by atoms with Crippen LogP contribution in [0.4, 0.5) is 4.79 Å². The highest BCUT2D eigenvalue weighted by Crippen LogP contribution is 2.33. The quantitative estimate of drug-likeness (QED) is 0.879. The summed E-state index contributed by atoms with van der Waals surface area (Å²) in [5.41, 5.74) is 1.68. The lowest BCUT2D eigenvalue weighted by Gasteiger charge is -2.12. The molecule has 1 aliphatic heterocycles. The molecule has 5 heteroatoms. The Balaban J connectivity index is 1.80. The zero-order chi connectivity index (χ0) is 15.5. The van der Waals surface area contributed by atoms with Crippen molar-refractivity contribution < 1.29 is 14.7 Å². The van der Waals surface area contributed by atoms with Crippen LogP contribution >= 0.6 is 11.8 Å². The zero-order valence-corrected chi connectivity index (χ0v) is 12.4. The van der Waals surface area contributed by atoms with Crippen molar-refractivity contribution in [3.63, 3.8) is 0 Å². The van der Waals surface area contributed by atoms with Gasteiger partial charge in [-0.05, 0) is 41.1 Å². The predicted molar refractivity (Wildman–Crippen MR) is 86.1 cm³/mol. The summed E-state index contributed by atoms with van der Waals surface area (Å²) in [5.74, 6) is -0.124. The number of carbonyl (C=O) groups excluding carboxylic acids is 2. The molecule has 0 saturated carbocycles. The van der Waals surface area contributed by atoms with Crippen molar-refractivity contribution in [3.05, 3.63) is 70.6 Å². The molecular weight excluding hydrogens is 298 g/mol. The Morgan fingerprint density at radius 3 is 2.36 bits per heavy atom. The first kappa shape index (κ1) is 14.4. The minimum Gasteiger partial charge on any atom is -0.508 e. The molecule has 1 saturated heterocycles. The molecule has 0 aliphatic carbocycles. The van der Waals surface area contributed by atoms with Crippen LogP contribution in [0.3, 0.4) is 0 Å². The van der Waals surface area contributed by atoms with E-state index in [1.807, 2.05) is 30.3 Å². The maximum atomic E-state index is 12.4. The number of nitrogens with zero attached hydrogens (tertiary/aromatic N) is 1. The van der Waals surface area contributed by atoms with E-state index in [4.69, 9.17) is 0 Å². The Morgan fingerprint density at radius 1 is 1.00 bits per heavy atom. The fraction of sp³-hybridized carbons (Fsp3) is 0.0588. The predicted octanol–water partition coefficient (Wildman–Crippen LogP) is 3.63. The summed E-state index contributed by atoms with van der Waals surface area (Å²) in [6.45, 7) is 0.276. The van der Waals surface area contributed by atoms with Gasteiger partial charge in [0.05, 0.1) is 11.4 Å². The van der Waals surface area contributed by atoms with E-state index in [1.54, 1.807) is 30.3 Å². The molecule has 1 heterocycles. The Hall–Kier alpha value is -2.53. The van der Waals surface area contributed by atoms with E-state index in [-0.39, 0.29) is 23.4 Å². The van der Waals surface area contributed by atoms with Gasteiger partial charge in [-0.15, -0.1) is 0 Å². The third-order valence-corrected chi connectivity index (χ3v) is 4.16. The molecule has 0 atom stereocenters. The molecule has 0 aromatic heterocycles. The summed E-state index contributed by atoms with van der Waals surface area (Å²) in [7, 11) is 0. The minimum absolute atomic E-state index is 0.161. The van der Waals surface area contributed by atoms with E-state index < -0.39 is 0 Å². The first-order valence-corrected chi connectivity index (χ1v) is 7.53. The average Bonchev–Trinajstić information content (AvgIpc) is 2.78. The van der Waals surface area contributed by atoms with Gasteiger partial charge in [0.25, 0.3) is 11.1 Å². The van der Waals surface area contributed by atoms with Crippen LogP contribution in [0.5, 0.6) is 5.75 Å². The molecule has 2 amide bonds. The van der Waals surface area contributed by atoms with Crippen molar-refractivity contribution in [1.82, 2.24) is 4.90 Å². The molecule has 1 fully saturated rings. The molecule has 0 bridgehead atoms. The molecule has 22 heavy (non-hydrogen) atoms. The number of phenolic OH excluding ortho intramolecular Hbond substituents is 1. The van der Waals surface area contributed by atoms with Crippen LogP contribution in [0.2, 0.25) is 0 Å². The van der Waals surface area contributed by atoms with E-state index in [0.29, 0.717) is 4.91 Å². The number of benzene rings is 2. The third-order valence-electron chi connectivity index (χ3n) is 3.25. The highest BCUT2D eigenvalue weighted by molar-refractivity contribution is 8.18. The number of imide groups is 1. The zero-order valence-electron chi connectivity index (χ0n) is 11.6. The molecule has 1 N–H and O–H groups in total. The summed E-state index contributed by atoms with van der Waals surface area (Å²) in [6.07, 6.45) is 1.66. The van der Waals surface area contributed by atoms with Gasteiger partial charge in [0.2, 0.25) is 0 Å². The highest BCUT2D eigenvalue weighted by atomic mass is 32.2. The Bertz CT molecular complexity index is 738. The number of hydrogen-bond donors (Lipinski definition) is 1. The largest absolute Gasteiger partial charge is 0.508 e. The lowest BCUT2D eigenvalue weighted by Crippen LogP contribution is -2.27. The monoisotopic (exact) mass is 311 g/mol. The van der Waals surface area contributed by atoms with E-state index in [2.05, 4.69) is 0 Å². The number of hydrogen-bond acceptors (Lipinski definition) is 4. The van der Waals surface area contributed by atoms with Crippen LogP contribution in [0.25, 0.3) is 6.08 Å². The fourth-order valence-corrected chi connectivity index (χ4v) is 2.96. The maximum Gasteiger partial charge on any atom is 0.293 e. The molecule has 2 aromatic rings. The van der Waals surface area contributed by atoms with Crippen LogP contribution in [0.15, 0.2) is 59.5 Å². The molecule has 0 radical (unpaired) electrons. The fourth-order valence-electron chi connectivity index (χ4n) is 2.12. The number of thioether (sulfide) groups is 1. The van der Waals surface area contributed by atoms with Gasteiger partial charge in [0.1, 0.15) is 5.75 Å². The van der Waals surface area contributed by atoms with Crippen molar-refractivity contribution in [1.29, 1.82) is 0 Å². The minimum atomic E-state index is -0.285. The molecule has 4 nitrogen and oxygen atoms in total. The molecule has 110 valence electrons. The number of carbonyl (C=O) groups is 2. The van der Waals surface area contributed by atoms with Crippen molar-refractivity contribution in [2.45, 2.75) is 6.54 Å². The first-order chi connectivity index (χ1) is 10.6. The lowest BCUT2D eigenvalue weighted by molar-refractivity contribution is -0.123.